The van der Waals surface area contributed by atoms with Gasteiger partial charge in [-0.15, -0.1) is 0 Å². The van der Waals surface area contributed by atoms with Crippen molar-refractivity contribution in [1.82, 2.24) is 0 Å². The van der Waals surface area contributed by atoms with Crippen molar-refractivity contribution in [1.29, 1.82) is 0 Å². The first-order chi connectivity index (χ1) is 5.66. The minimum absolute atomic E-state index is 0.0588. The fourth-order valence-electron chi connectivity index (χ4n) is 1.19. The van der Waals surface area contributed by atoms with Crippen LogP contribution in [-0.4, -0.2) is 25.2 Å². The first-order valence-corrected chi connectivity index (χ1v) is 4.00. The van der Waals surface area contributed by atoms with Crippen LogP contribution in [0.1, 0.15) is 13.8 Å². The molecule has 0 bridgehead atoms. The van der Waals surface area contributed by atoms with Gasteiger partial charge in [-0.3, -0.25) is 9.59 Å². The predicted octanol–water partition coefficient (Wildman–Crippen LogP) is 0.359. The van der Waals surface area contributed by atoms with E-state index in [0.29, 0.717) is 13.2 Å². The lowest BCUT2D eigenvalue weighted by Crippen LogP contribution is -2.26. The van der Waals surface area contributed by atoms with Crippen LogP contribution in [0.4, 0.5) is 0 Å². The molecule has 0 N–H and O–H groups in total. The molecule has 0 radical (unpaired) electrons. The summed E-state index contributed by atoms with van der Waals surface area (Å²) in [6.07, 6.45) is 0. The Bertz CT molecular complexity index is 199. The average molecular weight is 172 g/mol. The largest absolute Gasteiger partial charge is 0.465 e. The first kappa shape index (κ1) is 9.03. The number of rotatable bonds is 2. The molecule has 0 saturated carbocycles. The Labute approximate surface area is 70.8 Å². The highest BCUT2D eigenvalue weighted by molar-refractivity contribution is 5.96. The third-order valence-electron chi connectivity index (χ3n) is 1.85. The van der Waals surface area contributed by atoms with Crippen molar-refractivity contribution >= 4 is 11.9 Å². The summed E-state index contributed by atoms with van der Waals surface area (Å²) in [6.45, 7) is 4.13. The van der Waals surface area contributed by atoms with E-state index in [-0.39, 0.29) is 5.92 Å². The van der Waals surface area contributed by atoms with Crippen LogP contribution in [-0.2, 0) is 19.1 Å². The minimum atomic E-state index is -0.704. The molecule has 4 heteroatoms. The molecule has 0 amide bonds. The highest BCUT2D eigenvalue weighted by atomic mass is 16.6. The van der Waals surface area contributed by atoms with Crippen LogP contribution >= 0.6 is 0 Å². The SMILES string of the molecule is CCOC(=O)C1C(=O)OCC1C. The summed E-state index contributed by atoms with van der Waals surface area (Å²) in [5.41, 5.74) is 0. The van der Waals surface area contributed by atoms with Gasteiger partial charge in [-0.25, -0.2) is 0 Å². The lowest BCUT2D eigenvalue weighted by atomic mass is 9.98. The van der Waals surface area contributed by atoms with Crippen molar-refractivity contribution in [3.8, 4) is 0 Å². The van der Waals surface area contributed by atoms with Gasteiger partial charge in [-0.2, -0.15) is 0 Å². The zero-order valence-corrected chi connectivity index (χ0v) is 7.20. The van der Waals surface area contributed by atoms with Crippen molar-refractivity contribution in [2.75, 3.05) is 13.2 Å². The molecule has 2 unspecified atom stereocenters. The van der Waals surface area contributed by atoms with Crippen LogP contribution in [0, 0.1) is 11.8 Å². The van der Waals surface area contributed by atoms with E-state index in [1.807, 2.05) is 0 Å². The number of esters is 2. The molecule has 0 spiro atoms. The lowest BCUT2D eigenvalue weighted by molar-refractivity contribution is -0.156. The highest BCUT2D eigenvalue weighted by Crippen LogP contribution is 2.22. The van der Waals surface area contributed by atoms with Gasteiger partial charge in [0.05, 0.1) is 13.2 Å². The van der Waals surface area contributed by atoms with Crippen molar-refractivity contribution in [3.05, 3.63) is 0 Å². The molecule has 4 nitrogen and oxygen atoms in total. The van der Waals surface area contributed by atoms with Gasteiger partial charge >= 0.3 is 11.9 Å². The Morgan fingerprint density at radius 1 is 1.75 bits per heavy atom. The molecule has 68 valence electrons. The maximum absolute atomic E-state index is 11.1. The summed E-state index contributed by atoms with van der Waals surface area (Å²) in [4.78, 5) is 22.1. The number of carbonyl (C=O) groups is 2. The Morgan fingerprint density at radius 3 is 2.83 bits per heavy atom. The van der Waals surface area contributed by atoms with Crippen LogP contribution in [0.25, 0.3) is 0 Å². The van der Waals surface area contributed by atoms with Gasteiger partial charge in [0.2, 0.25) is 0 Å². The molecule has 2 atom stereocenters. The number of cyclic esters (lactones) is 1. The standard InChI is InChI=1S/C8H12O4/c1-3-11-7(9)6-5(2)4-12-8(6)10/h5-6H,3-4H2,1-2H3. The molecule has 1 aliphatic heterocycles. The van der Waals surface area contributed by atoms with Gasteiger partial charge in [0.1, 0.15) is 0 Å². The molecule has 12 heavy (non-hydrogen) atoms. The zero-order valence-electron chi connectivity index (χ0n) is 7.20. The minimum Gasteiger partial charge on any atom is -0.465 e. The maximum atomic E-state index is 11.1. The predicted molar refractivity (Wildman–Crippen MR) is 40.2 cm³/mol. The number of hydrogen-bond acceptors (Lipinski definition) is 4. The van der Waals surface area contributed by atoms with E-state index in [1.165, 1.54) is 0 Å². The molecule has 1 heterocycles. The van der Waals surface area contributed by atoms with Gasteiger partial charge in [0, 0.05) is 5.92 Å². The topological polar surface area (TPSA) is 52.6 Å². The summed E-state index contributed by atoms with van der Waals surface area (Å²) in [5, 5.41) is 0. The smallest absolute Gasteiger partial charge is 0.320 e. The average Bonchev–Trinajstić information content (AvgIpc) is 2.32. The zero-order chi connectivity index (χ0) is 9.14. The van der Waals surface area contributed by atoms with Gasteiger partial charge in [0.15, 0.2) is 5.92 Å². The summed E-state index contributed by atoms with van der Waals surface area (Å²) >= 11 is 0. The third kappa shape index (κ3) is 1.57. The molecule has 1 aliphatic rings. The normalized spacial score (nSPS) is 28.3. The Kier molecular flexibility index (Phi) is 2.68. The van der Waals surface area contributed by atoms with E-state index in [4.69, 9.17) is 9.47 Å². The third-order valence-corrected chi connectivity index (χ3v) is 1.85. The van der Waals surface area contributed by atoms with E-state index in [1.54, 1.807) is 13.8 Å². The van der Waals surface area contributed by atoms with Crippen LogP contribution in [0.2, 0.25) is 0 Å². The second kappa shape index (κ2) is 3.56. The van der Waals surface area contributed by atoms with Crippen molar-refractivity contribution in [2.45, 2.75) is 13.8 Å². The number of ether oxygens (including phenoxy) is 2. The van der Waals surface area contributed by atoms with E-state index in [2.05, 4.69) is 0 Å². The second-order valence-corrected chi connectivity index (χ2v) is 2.84. The van der Waals surface area contributed by atoms with Crippen LogP contribution < -0.4 is 0 Å². The molecular formula is C8H12O4. The van der Waals surface area contributed by atoms with Gasteiger partial charge in [-0.1, -0.05) is 6.92 Å². The molecule has 1 fully saturated rings. The van der Waals surface area contributed by atoms with E-state index in [9.17, 15) is 9.59 Å². The van der Waals surface area contributed by atoms with E-state index in [0.717, 1.165) is 0 Å². The van der Waals surface area contributed by atoms with Crippen molar-refractivity contribution in [2.24, 2.45) is 11.8 Å². The van der Waals surface area contributed by atoms with Crippen LogP contribution in [0.5, 0.6) is 0 Å². The molecular weight excluding hydrogens is 160 g/mol. The van der Waals surface area contributed by atoms with Crippen molar-refractivity contribution in [3.63, 3.8) is 0 Å². The fourth-order valence-corrected chi connectivity index (χ4v) is 1.19. The monoisotopic (exact) mass is 172 g/mol. The molecule has 0 aliphatic carbocycles. The number of carbonyl (C=O) groups excluding carboxylic acids is 2. The van der Waals surface area contributed by atoms with Gasteiger partial charge < -0.3 is 9.47 Å². The highest BCUT2D eigenvalue weighted by Gasteiger charge is 2.40. The second-order valence-electron chi connectivity index (χ2n) is 2.84. The van der Waals surface area contributed by atoms with E-state index < -0.39 is 17.9 Å². The van der Waals surface area contributed by atoms with Crippen LogP contribution in [0.3, 0.4) is 0 Å². The summed E-state index contributed by atoms with van der Waals surface area (Å²) in [5.74, 6) is -1.69. The Hall–Kier alpha value is -1.06. The number of hydrogen-bond donors (Lipinski definition) is 0. The lowest BCUT2D eigenvalue weighted by Gasteiger charge is -2.08. The summed E-state index contributed by atoms with van der Waals surface area (Å²) in [6, 6.07) is 0. The maximum Gasteiger partial charge on any atom is 0.320 e. The van der Waals surface area contributed by atoms with Gasteiger partial charge in [0.25, 0.3) is 0 Å². The first-order valence-electron chi connectivity index (χ1n) is 4.00. The molecule has 0 aromatic heterocycles. The molecule has 0 aromatic carbocycles. The molecule has 0 aromatic rings. The Balaban J connectivity index is 2.59. The molecule has 1 saturated heterocycles. The van der Waals surface area contributed by atoms with Crippen LogP contribution in [0.15, 0.2) is 0 Å². The Morgan fingerprint density at radius 2 is 2.42 bits per heavy atom. The van der Waals surface area contributed by atoms with E-state index >= 15 is 0 Å². The quantitative estimate of drug-likeness (QED) is 0.445. The van der Waals surface area contributed by atoms with Crippen molar-refractivity contribution < 1.29 is 19.1 Å². The fraction of sp³-hybridized carbons (Fsp3) is 0.750. The molecule has 1 rings (SSSR count). The summed E-state index contributed by atoms with van der Waals surface area (Å²) in [7, 11) is 0. The summed E-state index contributed by atoms with van der Waals surface area (Å²) < 4.78 is 9.43. The van der Waals surface area contributed by atoms with Gasteiger partial charge in [-0.05, 0) is 6.92 Å².